The van der Waals surface area contributed by atoms with Gasteiger partial charge in [0.15, 0.2) is 0 Å². The van der Waals surface area contributed by atoms with Crippen molar-refractivity contribution in [3.8, 4) is 0 Å². The van der Waals surface area contributed by atoms with E-state index in [1.54, 1.807) is 25.1 Å². The number of fused-ring (bicyclic) bond motifs is 1. The van der Waals surface area contributed by atoms with Crippen molar-refractivity contribution in [1.82, 2.24) is 3.97 Å². The van der Waals surface area contributed by atoms with Crippen LogP contribution in [0.25, 0.3) is 10.9 Å². The van der Waals surface area contributed by atoms with Gasteiger partial charge in [0.25, 0.3) is 0 Å². The smallest absolute Gasteiger partial charge is 0.244 e. The van der Waals surface area contributed by atoms with Crippen molar-refractivity contribution in [1.29, 1.82) is 0 Å². The molecule has 3 aromatic rings. The number of rotatable bonds is 4. The average molecular weight is 415 g/mol. The summed E-state index contributed by atoms with van der Waals surface area (Å²) in [5, 5.41) is 0.799. The highest BCUT2D eigenvalue weighted by atomic mass is 32.2. The molecule has 2 unspecified atom stereocenters. The Kier molecular flexibility index (Phi) is 4.40. The Morgan fingerprint density at radius 1 is 1.11 bits per heavy atom. The van der Waals surface area contributed by atoms with Crippen molar-refractivity contribution >= 4 is 32.7 Å². The molecule has 0 saturated carbocycles. The first-order valence-corrected chi connectivity index (χ1v) is 11.2. The lowest BCUT2D eigenvalue weighted by atomic mass is 9.83. The number of thioether (sulfide) groups is 1. The second kappa shape index (κ2) is 6.94. The van der Waals surface area contributed by atoms with Gasteiger partial charge >= 0.3 is 0 Å². The van der Waals surface area contributed by atoms with Gasteiger partial charge in [-0.1, -0.05) is 48.5 Å². The van der Waals surface area contributed by atoms with Gasteiger partial charge in [-0.2, -0.15) is 0 Å². The van der Waals surface area contributed by atoms with E-state index < -0.39 is 26.5 Å². The summed E-state index contributed by atoms with van der Waals surface area (Å²) in [6.07, 6.45) is 4.05. The molecule has 4 rings (SSSR count). The minimum atomic E-state index is -4.04. The Bertz CT molecular complexity index is 1220. The molecule has 28 heavy (non-hydrogen) atoms. The lowest BCUT2D eigenvalue weighted by Gasteiger charge is -2.38. The number of halogens is 1. The van der Waals surface area contributed by atoms with E-state index in [1.165, 1.54) is 22.3 Å². The fraction of sp³-hybridized carbons (Fsp3) is 0.182. The summed E-state index contributed by atoms with van der Waals surface area (Å²) >= 11 is 1.15. The van der Waals surface area contributed by atoms with E-state index in [-0.39, 0.29) is 6.23 Å². The van der Waals surface area contributed by atoms with Crippen LogP contribution >= 0.6 is 11.8 Å². The molecule has 1 heterocycles. The molecule has 144 valence electrons. The molecule has 0 spiro atoms. The van der Waals surface area contributed by atoms with E-state index in [4.69, 9.17) is 1.37 Å². The molecule has 1 aromatic heterocycles. The number of nitrogens with zero attached hydrogens (tertiary/aromatic N) is 1. The van der Waals surface area contributed by atoms with Crippen LogP contribution in [-0.2, 0) is 10.0 Å². The largest absolute Gasteiger partial charge is 0.249 e. The summed E-state index contributed by atoms with van der Waals surface area (Å²) in [6, 6.07) is 18.2. The van der Waals surface area contributed by atoms with Crippen LogP contribution in [-0.4, -0.2) is 23.4 Å². The Morgan fingerprint density at radius 3 is 2.57 bits per heavy atom. The zero-order valence-corrected chi connectivity index (χ0v) is 16.9. The first-order chi connectivity index (χ1) is 13.9. The van der Waals surface area contributed by atoms with Crippen LogP contribution in [0.3, 0.4) is 0 Å². The van der Waals surface area contributed by atoms with Gasteiger partial charge in [-0.15, -0.1) is 11.8 Å². The second-order valence-electron chi connectivity index (χ2n) is 6.92. The van der Waals surface area contributed by atoms with Crippen molar-refractivity contribution < 1.29 is 14.2 Å². The molecule has 0 fully saturated rings. The van der Waals surface area contributed by atoms with Crippen molar-refractivity contribution in [2.75, 3.05) is 6.23 Å². The average Bonchev–Trinajstić information content (AvgIpc) is 3.13. The van der Waals surface area contributed by atoms with E-state index in [1.807, 2.05) is 42.5 Å². The molecule has 1 aliphatic carbocycles. The molecule has 0 saturated heterocycles. The number of para-hydroxylation sites is 1. The topological polar surface area (TPSA) is 39.1 Å². The van der Waals surface area contributed by atoms with Crippen LogP contribution < -0.4 is 0 Å². The summed E-state index contributed by atoms with van der Waals surface area (Å²) < 4.78 is 49.8. The standard InChI is InChI=1S/C22H20FNO2S2/c1-22(28(25,26)24-13-12-16-8-6-7-11-19(16)24)15-18(23)14-20(27-2)21(22)17-9-4-3-5-10-17/h3-15,21H,1-2H3/i2D. The number of benzene rings is 2. The molecule has 0 aliphatic heterocycles. The molecule has 0 N–H and O–H groups in total. The maximum absolute atomic E-state index is 14.7. The maximum Gasteiger partial charge on any atom is 0.249 e. The van der Waals surface area contributed by atoms with Crippen LogP contribution in [0.2, 0.25) is 0 Å². The van der Waals surface area contributed by atoms with Gasteiger partial charge < -0.3 is 0 Å². The van der Waals surface area contributed by atoms with Crippen LogP contribution in [0.4, 0.5) is 4.39 Å². The zero-order chi connectivity index (χ0) is 20.6. The number of hydrogen-bond acceptors (Lipinski definition) is 3. The minimum absolute atomic E-state index is 0.0228. The summed E-state index contributed by atoms with van der Waals surface area (Å²) in [5.41, 5.74) is 1.32. The maximum atomic E-state index is 14.7. The number of aromatic nitrogens is 1. The first kappa shape index (κ1) is 17.8. The van der Waals surface area contributed by atoms with Gasteiger partial charge in [0.2, 0.25) is 10.0 Å². The summed E-state index contributed by atoms with van der Waals surface area (Å²) in [7, 11) is -4.04. The summed E-state index contributed by atoms with van der Waals surface area (Å²) in [4.78, 5) is 0.536. The zero-order valence-electron chi connectivity index (χ0n) is 16.2. The highest BCUT2D eigenvalue weighted by molar-refractivity contribution is 8.02. The van der Waals surface area contributed by atoms with Crippen LogP contribution in [0.5, 0.6) is 0 Å². The molecule has 0 radical (unpaired) electrons. The lowest BCUT2D eigenvalue weighted by Crippen LogP contribution is -2.44. The quantitative estimate of drug-likeness (QED) is 0.568. The third-order valence-electron chi connectivity index (χ3n) is 5.24. The van der Waals surface area contributed by atoms with Gasteiger partial charge in [0.1, 0.15) is 10.6 Å². The molecule has 0 bridgehead atoms. The SMILES string of the molecule is [2H]CSC1=CC(F)=CC(C)(S(=O)(=O)n2ccc3ccccc32)C1c1ccccc1. The first-order valence-electron chi connectivity index (χ1n) is 9.47. The Balaban J connectivity index is 1.96. The van der Waals surface area contributed by atoms with Crippen molar-refractivity contribution in [2.45, 2.75) is 17.6 Å². The van der Waals surface area contributed by atoms with Gasteiger partial charge in [-0.3, -0.25) is 0 Å². The van der Waals surface area contributed by atoms with Crippen LogP contribution in [0, 0.1) is 0 Å². The van der Waals surface area contributed by atoms with E-state index in [2.05, 4.69) is 0 Å². The number of hydrogen-bond donors (Lipinski definition) is 0. The fourth-order valence-electron chi connectivity index (χ4n) is 3.87. The van der Waals surface area contributed by atoms with Gasteiger partial charge in [0, 0.05) is 18.9 Å². The molecule has 6 heteroatoms. The second-order valence-corrected chi connectivity index (χ2v) is 9.91. The summed E-state index contributed by atoms with van der Waals surface area (Å²) in [5.74, 6) is -1.22. The molecular weight excluding hydrogens is 393 g/mol. The molecule has 2 atom stereocenters. The molecule has 2 aromatic carbocycles. The molecule has 1 aliphatic rings. The Morgan fingerprint density at radius 2 is 1.82 bits per heavy atom. The van der Waals surface area contributed by atoms with Crippen molar-refractivity contribution in [3.63, 3.8) is 0 Å². The monoisotopic (exact) mass is 414 g/mol. The van der Waals surface area contributed by atoms with Crippen LogP contribution in [0.1, 0.15) is 19.8 Å². The molecular formula is C22H20FNO2S2. The van der Waals surface area contributed by atoms with E-state index in [9.17, 15) is 12.8 Å². The predicted octanol–water partition coefficient (Wildman–Crippen LogP) is 5.48. The highest BCUT2D eigenvalue weighted by Crippen LogP contribution is 2.49. The molecule has 3 nitrogen and oxygen atoms in total. The normalized spacial score (nSPS) is 23.2. The van der Waals surface area contributed by atoms with Crippen molar-refractivity contribution in [3.05, 3.63) is 95.3 Å². The highest BCUT2D eigenvalue weighted by Gasteiger charge is 2.50. The Hall–Kier alpha value is -2.31. The lowest BCUT2D eigenvalue weighted by molar-refractivity contribution is 0.522. The van der Waals surface area contributed by atoms with E-state index >= 15 is 0 Å². The summed E-state index contributed by atoms with van der Waals surface area (Å²) in [6.45, 7) is 1.56. The van der Waals surface area contributed by atoms with Crippen molar-refractivity contribution in [2.24, 2.45) is 0 Å². The predicted molar refractivity (Wildman–Crippen MR) is 115 cm³/mol. The van der Waals surface area contributed by atoms with Gasteiger partial charge in [0.05, 0.1) is 5.52 Å². The third-order valence-corrected chi connectivity index (χ3v) is 8.23. The molecule has 0 amide bonds. The fourth-order valence-corrected chi connectivity index (χ4v) is 6.58. The minimum Gasteiger partial charge on any atom is -0.244 e. The van der Waals surface area contributed by atoms with Gasteiger partial charge in [-0.25, -0.2) is 16.8 Å². The Labute approximate surface area is 170 Å². The third kappa shape index (κ3) is 2.83. The van der Waals surface area contributed by atoms with E-state index in [0.29, 0.717) is 10.4 Å². The van der Waals surface area contributed by atoms with E-state index in [0.717, 1.165) is 22.7 Å². The number of allylic oxidation sites excluding steroid dienone is 3. The van der Waals surface area contributed by atoms with Crippen LogP contribution in [0.15, 0.2) is 89.7 Å². The van der Waals surface area contributed by atoms with Gasteiger partial charge in [-0.05, 0) is 47.9 Å².